The lowest BCUT2D eigenvalue weighted by Crippen LogP contribution is -2.26. The number of aliphatic hydroxyl groups is 1. The van der Waals surface area contributed by atoms with Crippen molar-refractivity contribution < 1.29 is 9.84 Å². The molecule has 0 aliphatic carbocycles. The van der Waals surface area contributed by atoms with Crippen LogP contribution in [0.3, 0.4) is 0 Å². The molecule has 0 aromatic carbocycles. The van der Waals surface area contributed by atoms with Crippen LogP contribution >= 0.6 is 0 Å². The van der Waals surface area contributed by atoms with Crippen molar-refractivity contribution in [1.29, 1.82) is 0 Å². The fraction of sp³-hybridized carbons (Fsp3) is 1.00. The fourth-order valence-electron chi connectivity index (χ4n) is 1.13. The normalized spacial score (nSPS) is 16.0. The van der Waals surface area contributed by atoms with Gasteiger partial charge in [-0.1, -0.05) is 26.7 Å². The summed E-state index contributed by atoms with van der Waals surface area (Å²) in [6.45, 7) is 6.83. The van der Waals surface area contributed by atoms with Gasteiger partial charge < -0.3 is 9.84 Å². The molecule has 1 N–H and O–H groups in total. The number of aliphatic hydroxyl groups excluding tert-OH is 1. The monoisotopic (exact) mass is 174 g/mol. The molecule has 0 saturated carbocycles. The predicted octanol–water partition coefficient (Wildman–Crippen LogP) is 2.35. The van der Waals surface area contributed by atoms with Gasteiger partial charge in [0.15, 0.2) is 0 Å². The van der Waals surface area contributed by atoms with Gasteiger partial charge in [0.1, 0.15) is 0 Å². The van der Waals surface area contributed by atoms with Gasteiger partial charge in [-0.05, 0) is 19.8 Å². The zero-order valence-electron chi connectivity index (χ0n) is 8.55. The topological polar surface area (TPSA) is 29.5 Å². The van der Waals surface area contributed by atoms with Crippen molar-refractivity contribution in [1.82, 2.24) is 0 Å². The molecule has 2 unspecified atom stereocenters. The van der Waals surface area contributed by atoms with Crippen molar-refractivity contribution in [2.24, 2.45) is 0 Å². The number of hydrogen-bond donors (Lipinski definition) is 1. The third kappa shape index (κ3) is 5.56. The van der Waals surface area contributed by atoms with E-state index in [-0.39, 0.29) is 12.2 Å². The van der Waals surface area contributed by atoms with Crippen LogP contribution in [0, 0.1) is 0 Å². The lowest BCUT2D eigenvalue weighted by atomic mass is 10.1. The van der Waals surface area contributed by atoms with E-state index in [4.69, 9.17) is 4.74 Å². The third-order valence-corrected chi connectivity index (χ3v) is 1.94. The highest BCUT2D eigenvalue weighted by Gasteiger charge is 2.13. The fourth-order valence-corrected chi connectivity index (χ4v) is 1.13. The molecule has 0 aliphatic heterocycles. The number of ether oxygens (including phenoxy) is 1. The minimum atomic E-state index is -0.332. The quantitative estimate of drug-likeness (QED) is 0.600. The molecule has 0 bridgehead atoms. The van der Waals surface area contributed by atoms with Crippen LogP contribution in [0.2, 0.25) is 0 Å². The Morgan fingerprint density at radius 1 is 1.25 bits per heavy atom. The van der Waals surface area contributed by atoms with E-state index in [0.717, 1.165) is 32.3 Å². The first-order valence-corrected chi connectivity index (χ1v) is 5.02. The molecule has 0 aromatic heterocycles. The molecule has 12 heavy (non-hydrogen) atoms. The van der Waals surface area contributed by atoms with Gasteiger partial charge in [0.25, 0.3) is 0 Å². The average molecular weight is 174 g/mol. The van der Waals surface area contributed by atoms with Gasteiger partial charge in [-0.15, -0.1) is 0 Å². The van der Waals surface area contributed by atoms with Crippen LogP contribution in [0.25, 0.3) is 0 Å². The highest BCUT2D eigenvalue weighted by atomic mass is 16.5. The van der Waals surface area contributed by atoms with Crippen molar-refractivity contribution in [2.45, 2.75) is 58.7 Å². The van der Waals surface area contributed by atoms with E-state index in [1.54, 1.807) is 6.92 Å². The van der Waals surface area contributed by atoms with Gasteiger partial charge in [0.05, 0.1) is 12.2 Å². The van der Waals surface area contributed by atoms with Crippen LogP contribution in [0.15, 0.2) is 0 Å². The second-order valence-electron chi connectivity index (χ2n) is 3.29. The summed E-state index contributed by atoms with van der Waals surface area (Å²) in [5.74, 6) is 0. The Bertz CT molecular complexity index is 91.8. The molecule has 0 spiro atoms. The Hall–Kier alpha value is -0.0800. The highest BCUT2D eigenvalue weighted by molar-refractivity contribution is 4.63. The van der Waals surface area contributed by atoms with Crippen molar-refractivity contribution in [3.8, 4) is 0 Å². The zero-order valence-corrected chi connectivity index (χ0v) is 8.55. The van der Waals surface area contributed by atoms with E-state index in [1.165, 1.54) is 0 Å². The molecule has 0 saturated heterocycles. The molecule has 74 valence electrons. The van der Waals surface area contributed by atoms with Crippen molar-refractivity contribution >= 4 is 0 Å². The Morgan fingerprint density at radius 2 is 1.92 bits per heavy atom. The smallest absolute Gasteiger partial charge is 0.0831 e. The summed E-state index contributed by atoms with van der Waals surface area (Å²) in [4.78, 5) is 0. The second-order valence-corrected chi connectivity index (χ2v) is 3.29. The molecule has 2 atom stereocenters. The molecular formula is C10H22O2. The summed E-state index contributed by atoms with van der Waals surface area (Å²) in [5.41, 5.74) is 0. The van der Waals surface area contributed by atoms with Crippen LogP contribution in [-0.4, -0.2) is 23.9 Å². The second kappa shape index (κ2) is 7.56. The number of rotatable bonds is 7. The molecule has 0 heterocycles. The maximum atomic E-state index is 9.32. The van der Waals surface area contributed by atoms with E-state index >= 15 is 0 Å². The first-order chi connectivity index (χ1) is 5.72. The minimum Gasteiger partial charge on any atom is -0.391 e. The highest BCUT2D eigenvalue weighted by Crippen LogP contribution is 2.07. The van der Waals surface area contributed by atoms with E-state index in [9.17, 15) is 5.11 Å². The van der Waals surface area contributed by atoms with Crippen molar-refractivity contribution in [3.63, 3.8) is 0 Å². The molecular weight excluding hydrogens is 152 g/mol. The minimum absolute atomic E-state index is 0.0431. The molecule has 0 aromatic rings. The summed E-state index contributed by atoms with van der Waals surface area (Å²) < 4.78 is 5.53. The van der Waals surface area contributed by atoms with Gasteiger partial charge in [-0.25, -0.2) is 0 Å². The standard InChI is InChI=1S/C10H22O2/c1-4-6-8-12-10(7-5-2)9(3)11/h9-11H,4-8H2,1-3H3. The molecule has 0 aliphatic rings. The predicted molar refractivity (Wildman–Crippen MR) is 51.2 cm³/mol. The Kier molecular flexibility index (Phi) is 7.51. The van der Waals surface area contributed by atoms with E-state index in [1.807, 2.05) is 0 Å². The first kappa shape index (κ1) is 11.9. The Balaban J connectivity index is 3.49. The van der Waals surface area contributed by atoms with Crippen LogP contribution in [0.4, 0.5) is 0 Å². The van der Waals surface area contributed by atoms with Crippen LogP contribution in [-0.2, 0) is 4.74 Å². The summed E-state index contributed by atoms with van der Waals surface area (Å²) in [7, 11) is 0. The van der Waals surface area contributed by atoms with Crippen molar-refractivity contribution in [3.05, 3.63) is 0 Å². The van der Waals surface area contributed by atoms with Gasteiger partial charge >= 0.3 is 0 Å². The maximum Gasteiger partial charge on any atom is 0.0831 e. The van der Waals surface area contributed by atoms with Gasteiger partial charge in [-0.2, -0.15) is 0 Å². The maximum absolute atomic E-state index is 9.32. The molecule has 0 rings (SSSR count). The van der Waals surface area contributed by atoms with Gasteiger partial charge in [0.2, 0.25) is 0 Å². The molecule has 0 fully saturated rings. The number of unbranched alkanes of at least 4 members (excludes halogenated alkanes) is 1. The summed E-state index contributed by atoms with van der Waals surface area (Å²) in [6, 6.07) is 0. The largest absolute Gasteiger partial charge is 0.391 e. The van der Waals surface area contributed by atoms with Crippen LogP contribution < -0.4 is 0 Å². The lowest BCUT2D eigenvalue weighted by Gasteiger charge is -2.19. The average Bonchev–Trinajstić information content (AvgIpc) is 2.03. The SMILES string of the molecule is CCCCOC(CCC)C(C)O. The van der Waals surface area contributed by atoms with Gasteiger partial charge in [0, 0.05) is 6.61 Å². The summed E-state index contributed by atoms with van der Waals surface area (Å²) >= 11 is 0. The molecule has 0 radical (unpaired) electrons. The molecule has 0 amide bonds. The number of hydrogen-bond acceptors (Lipinski definition) is 2. The lowest BCUT2D eigenvalue weighted by molar-refractivity contribution is -0.0346. The van der Waals surface area contributed by atoms with Crippen LogP contribution in [0.1, 0.15) is 46.5 Å². The van der Waals surface area contributed by atoms with E-state index in [2.05, 4.69) is 13.8 Å². The molecule has 2 heteroatoms. The third-order valence-electron chi connectivity index (χ3n) is 1.94. The first-order valence-electron chi connectivity index (χ1n) is 5.02. The zero-order chi connectivity index (χ0) is 9.40. The van der Waals surface area contributed by atoms with Crippen LogP contribution in [0.5, 0.6) is 0 Å². The van der Waals surface area contributed by atoms with Crippen molar-refractivity contribution in [2.75, 3.05) is 6.61 Å². The summed E-state index contributed by atoms with van der Waals surface area (Å²) in [6.07, 6.45) is 3.98. The summed E-state index contributed by atoms with van der Waals surface area (Å²) in [5, 5.41) is 9.32. The molecule has 2 nitrogen and oxygen atoms in total. The Labute approximate surface area is 75.9 Å². The van der Waals surface area contributed by atoms with E-state index < -0.39 is 0 Å². The van der Waals surface area contributed by atoms with Gasteiger partial charge in [-0.3, -0.25) is 0 Å². The Morgan fingerprint density at radius 3 is 2.33 bits per heavy atom. The van der Waals surface area contributed by atoms with E-state index in [0.29, 0.717) is 0 Å².